The highest BCUT2D eigenvalue weighted by molar-refractivity contribution is 7.15. The average molecular weight is 253 g/mol. The minimum absolute atomic E-state index is 0.175. The molecule has 17 heavy (non-hydrogen) atoms. The Hall–Kier alpha value is -0.610. The minimum Gasteiger partial charge on any atom is -0.348 e. The van der Waals surface area contributed by atoms with Gasteiger partial charge in [-0.1, -0.05) is 13.8 Å². The molecule has 0 spiro atoms. The molecule has 96 valence electrons. The molecule has 1 heterocycles. The first-order chi connectivity index (χ1) is 8.26. The average Bonchev–Trinajstić information content (AvgIpc) is 2.74. The Bertz CT molecular complexity index is 356. The fourth-order valence-electron chi connectivity index (χ4n) is 2.42. The van der Waals surface area contributed by atoms with E-state index in [9.17, 15) is 0 Å². The molecule has 0 radical (unpaired) electrons. The van der Waals surface area contributed by atoms with E-state index < -0.39 is 0 Å². The molecule has 3 nitrogen and oxygen atoms in total. The largest absolute Gasteiger partial charge is 0.348 e. The van der Waals surface area contributed by atoms with E-state index in [0.29, 0.717) is 0 Å². The summed E-state index contributed by atoms with van der Waals surface area (Å²) in [5.41, 5.74) is 7.31. The zero-order chi connectivity index (χ0) is 12.3. The van der Waals surface area contributed by atoms with E-state index in [1.807, 2.05) is 11.3 Å². The quantitative estimate of drug-likeness (QED) is 0.876. The normalized spacial score (nSPS) is 19.1. The van der Waals surface area contributed by atoms with Crippen molar-refractivity contribution < 1.29 is 0 Å². The lowest BCUT2D eigenvalue weighted by atomic mass is 9.99. The molecule has 0 amide bonds. The highest BCUT2D eigenvalue weighted by Gasteiger charge is 2.23. The first kappa shape index (κ1) is 12.8. The van der Waals surface area contributed by atoms with Crippen molar-refractivity contribution in [3.05, 3.63) is 10.6 Å². The summed E-state index contributed by atoms with van der Waals surface area (Å²) in [6.07, 6.45) is 5.84. The Morgan fingerprint density at radius 1 is 1.35 bits per heavy atom. The molecule has 1 atom stereocenters. The van der Waals surface area contributed by atoms with Crippen molar-refractivity contribution in [3.8, 4) is 0 Å². The number of nitrogens with two attached hydrogens (primary N) is 1. The number of rotatable bonds is 5. The van der Waals surface area contributed by atoms with Crippen LogP contribution in [-0.2, 0) is 6.42 Å². The zero-order valence-corrected chi connectivity index (χ0v) is 11.7. The van der Waals surface area contributed by atoms with Crippen LogP contribution in [-0.4, -0.2) is 18.1 Å². The van der Waals surface area contributed by atoms with Crippen molar-refractivity contribution in [2.45, 2.75) is 52.0 Å². The number of anilines is 1. The third kappa shape index (κ3) is 2.80. The van der Waals surface area contributed by atoms with Crippen LogP contribution in [0.25, 0.3) is 0 Å². The van der Waals surface area contributed by atoms with Gasteiger partial charge in [-0.15, -0.1) is 11.3 Å². The monoisotopic (exact) mass is 253 g/mol. The van der Waals surface area contributed by atoms with Crippen molar-refractivity contribution in [3.63, 3.8) is 0 Å². The molecule has 2 rings (SSSR count). The summed E-state index contributed by atoms with van der Waals surface area (Å²) in [5.74, 6) is 0. The molecule has 1 aliphatic rings. The van der Waals surface area contributed by atoms with Crippen LogP contribution in [0.4, 0.5) is 5.13 Å². The van der Waals surface area contributed by atoms with Crippen molar-refractivity contribution in [1.82, 2.24) is 4.98 Å². The number of nitrogens with zero attached hydrogens (tertiary/aromatic N) is 2. The molecule has 4 heteroatoms. The van der Waals surface area contributed by atoms with Crippen LogP contribution in [0.2, 0.25) is 0 Å². The standard InChI is InChI=1S/C13H23N3S/c1-3-8-16(9-4-2)13-15-12-10(14)6-5-7-11(12)17-13/h10H,3-9,14H2,1-2H3. The van der Waals surface area contributed by atoms with E-state index in [4.69, 9.17) is 10.7 Å². The Kier molecular flexibility index (Phi) is 4.40. The van der Waals surface area contributed by atoms with Gasteiger partial charge in [0.15, 0.2) is 5.13 Å². The summed E-state index contributed by atoms with van der Waals surface area (Å²) in [6, 6.07) is 0.175. The molecule has 0 saturated carbocycles. The fraction of sp³-hybridized carbons (Fsp3) is 0.769. The molecule has 0 bridgehead atoms. The second-order valence-electron chi connectivity index (χ2n) is 4.79. The van der Waals surface area contributed by atoms with Crippen molar-refractivity contribution in [2.24, 2.45) is 5.73 Å². The van der Waals surface area contributed by atoms with Crippen LogP contribution in [0.15, 0.2) is 0 Å². The minimum atomic E-state index is 0.175. The van der Waals surface area contributed by atoms with Gasteiger partial charge in [0, 0.05) is 24.0 Å². The lowest BCUT2D eigenvalue weighted by Crippen LogP contribution is -2.25. The molecule has 0 aromatic carbocycles. The summed E-state index contributed by atoms with van der Waals surface area (Å²) in [5, 5.41) is 1.19. The predicted octanol–water partition coefficient (Wildman–Crippen LogP) is 3.11. The molecule has 1 unspecified atom stereocenters. The molecular weight excluding hydrogens is 230 g/mol. The van der Waals surface area contributed by atoms with E-state index in [2.05, 4.69) is 18.7 Å². The van der Waals surface area contributed by atoms with Gasteiger partial charge in [0.1, 0.15) is 0 Å². The molecule has 1 aromatic heterocycles. The lowest BCUT2D eigenvalue weighted by Gasteiger charge is -2.20. The number of thiazole rings is 1. The zero-order valence-electron chi connectivity index (χ0n) is 10.9. The van der Waals surface area contributed by atoms with E-state index in [1.165, 1.54) is 41.4 Å². The number of hydrogen-bond acceptors (Lipinski definition) is 4. The van der Waals surface area contributed by atoms with Gasteiger partial charge in [0.05, 0.1) is 5.69 Å². The van der Waals surface area contributed by atoms with E-state index in [0.717, 1.165) is 19.5 Å². The van der Waals surface area contributed by atoms with E-state index in [1.54, 1.807) is 0 Å². The van der Waals surface area contributed by atoms with Gasteiger partial charge in [0.25, 0.3) is 0 Å². The van der Waals surface area contributed by atoms with Gasteiger partial charge in [-0.25, -0.2) is 4.98 Å². The van der Waals surface area contributed by atoms with Crippen LogP contribution in [0.5, 0.6) is 0 Å². The van der Waals surface area contributed by atoms with E-state index >= 15 is 0 Å². The maximum absolute atomic E-state index is 6.13. The van der Waals surface area contributed by atoms with Gasteiger partial charge < -0.3 is 10.6 Å². The molecule has 0 aliphatic heterocycles. The first-order valence-electron chi connectivity index (χ1n) is 6.76. The second-order valence-corrected chi connectivity index (χ2v) is 5.85. The Morgan fingerprint density at radius 2 is 2.06 bits per heavy atom. The van der Waals surface area contributed by atoms with Crippen LogP contribution in [0.1, 0.15) is 56.1 Å². The van der Waals surface area contributed by atoms with Crippen LogP contribution < -0.4 is 10.6 Å². The third-order valence-electron chi connectivity index (χ3n) is 3.24. The Labute approximate surface area is 108 Å². The topological polar surface area (TPSA) is 42.2 Å². The van der Waals surface area contributed by atoms with Crippen molar-refractivity contribution in [2.75, 3.05) is 18.0 Å². The summed E-state index contributed by atoms with van der Waals surface area (Å²) in [4.78, 5) is 8.63. The maximum atomic E-state index is 6.13. The van der Waals surface area contributed by atoms with Gasteiger partial charge >= 0.3 is 0 Å². The summed E-state index contributed by atoms with van der Waals surface area (Å²) >= 11 is 1.86. The molecular formula is C13H23N3S. The molecule has 0 fully saturated rings. The Morgan fingerprint density at radius 3 is 2.65 bits per heavy atom. The molecule has 1 aromatic rings. The molecule has 2 N–H and O–H groups in total. The van der Waals surface area contributed by atoms with E-state index in [-0.39, 0.29) is 6.04 Å². The van der Waals surface area contributed by atoms with Crippen molar-refractivity contribution >= 4 is 16.5 Å². The highest BCUT2D eigenvalue weighted by atomic mass is 32.1. The van der Waals surface area contributed by atoms with Gasteiger partial charge in [-0.2, -0.15) is 0 Å². The number of hydrogen-bond donors (Lipinski definition) is 1. The summed E-state index contributed by atoms with van der Waals surface area (Å²) < 4.78 is 0. The SMILES string of the molecule is CCCN(CCC)c1nc2c(s1)CCCC2N. The van der Waals surface area contributed by atoms with Gasteiger partial charge in [-0.05, 0) is 32.1 Å². The predicted molar refractivity (Wildman–Crippen MR) is 74.8 cm³/mol. The van der Waals surface area contributed by atoms with Gasteiger partial charge in [0.2, 0.25) is 0 Å². The molecule has 0 saturated heterocycles. The summed E-state index contributed by atoms with van der Waals surface area (Å²) in [6.45, 7) is 6.66. The third-order valence-corrected chi connectivity index (χ3v) is 4.44. The highest BCUT2D eigenvalue weighted by Crippen LogP contribution is 2.35. The van der Waals surface area contributed by atoms with Crippen LogP contribution >= 0.6 is 11.3 Å². The lowest BCUT2D eigenvalue weighted by molar-refractivity contribution is 0.563. The van der Waals surface area contributed by atoms with Crippen LogP contribution in [0.3, 0.4) is 0 Å². The number of aromatic nitrogens is 1. The smallest absolute Gasteiger partial charge is 0.185 e. The fourth-order valence-corrected chi connectivity index (χ4v) is 3.64. The maximum Gasteiger partial charge on any atom is 0.185 e. The molecule has 1 aliphatic carbocycles. The Balaban J connectivity index is 2.19. The second kappa shape index (κ2) is 5.83. The summed E-state index contributed by atoms with van der Waals surface area (Å²) in [7, 11) is 0. The first-order valence-corrected chi connectivity index (χ1v) is 7.58. The number of fused-ring (bicyclic) bond motifs is 1. The van der Waals surface area contributed by atoms with Crippen molar-refractivity contribution in [1.29, 1.82) is 0 Å². The number of aryl methyl sites for hydroxylation is 1. The van der Waals surface area contributed by atoms with Gasteiger partial charge in [-0.3, -0.25) is 0 Å². The van der Waals surface area contributed by atoms with Crippen LogP contribution in [0, 0.1) is 0 Å².